The third-order valence-electron chi connectivity index (χ3n) is 4.43. The third-order valence-corrected chi connectivity index (χ3v) is 7.87. The molecular weight excluding hydrogens is 492 g/mol. The fourth-order valence-corrected chi connectivity index (χ4v) is 5.93. The zero-order valence-electron chi connectivity index (χ0n) is 17.3. The van der Waals surface area contributed by atoms with Crippen molar-refractivity contribution in [2.45, 2.75) is 14.4 Å². The van der Waals surface area contributed by atoms with Gasteiger partial charge in [-0.3, -0.25) is 4.79 Å². The van der Waals surface area contributed by atoms with E-state index in [1.165, 1.54) is 45.6 Å². The molecule has 0 fully saturated rings. The number of aromatic nitrogens is 2. The summed E-state index contributed by atoms with van der Waals surface area (Å²) in [5.74, 6) is 0.771. The van der Waals surface area contributed by atoms with Crippen molar-refractivity contribution in [2.75, 3.05) is 5.75 Å². The minimum absolute atomic E-state index is 0.194. The summed E-state index contributed by atoms with van der Waals surface area (Å²) in [5, 5.41) is 15.2. The van der Waals surface area contributed by atoms with Crippen LogP contribution >= 0.6 is 46.5 Å². The molecule has 0 spiro atoms. The molecule has 0 unspecified atom stereocenters. The number of amides is 1. The number of rotatable bonds is 9. The van der Waals surface area contributed by atoms with E-state index in [1.807, 2.05) is 36.4 Å². The molecule has 0 saturated carbocycles. The topological polar surface area (TPSA) is 67.2 Å². The number of nitrogens with zero attached hydrogens (tertiary/aromatic N) is 3. The number of benzene rings is 3. The molecule has 0 aliphatic rings. The van der Waals surface area contributed by atoms with Gasteiger partial charge >= 0.3 is 0 Å². The summed E-state index contributed by atoms with van der Waals surface area (Å²) < 4.78 is 1.62. The van der Waals surface area contributed by atoms with Crippen LogP contribution < -0.4 is 5.43 Å². The Kier molecular flexibility index (Phi) is 8.54. The molecule has 0 bridgehead atoms. The van der Waals surface area contributed by atoms with Gasteiger partial charge in [0.1, 0.15) is 0 Å². The maximum Gasteiger partial charge on any atom is 0.250 e. The first kappa shape index (κ1) is 23.5. The van der Waals surface area contributed by atoms with Crippen molar-refractivity contribution in [1.29, 1.82) is 0 Å². The van der Waals surface area contributed by atoms with Crippen LogP contribution in [-0.2, 0) is 10.5 Å². The lowest BCUT2D eigenvalue weighted by Gasteiger charge is -2.04. The Bertz CT molecular complexity index is 1290. The van der Waals surface area contributed by atoms with Crippen molar-refractivity contribution >= 4 is 75.4 Å². The van der Waals surface area contributed by atoms with Gasteiger partial charge in [-0.25, -0.2) is 5.43 Å². The number of halogens is 1. The van der Waals surface area contributed by atoms with Crippen molar-refractivity contribution in [2.24, 2.45) is 5.10 Å². The number of hydrogen-bond donors (Lipinski definition) is 1. The van der Waals surface area contributed by atoms with Crippen LogP contribution in [0, 0.1) is 0 Å². The second-order valence-electron chi connectivity index (χ2n) is 6.78. The minimum Gasteiger partial charge on any atom is -0.272 e. The maximum atomic E-state index is 12.0. The lowest BCUT2D eigenvalue weighted by Crippen LogP contribution is -2.19. The van der Waals surface area contributed by atoms with E-state index in [-0.39, 0.29) is 11.7 Å². The SMILES string of the molecule is O=C(CSc1nnc(SCc2cccc3ccccc23)s1)N/N=C\C(Cl)=C\c1ccccc1. The lowest BCUT2D eigenvalue weighted by molar-refractivity contribution is -0.118. The van der Waals surface area contributed by atoms with Crippen LogP contribution in [0.5, 0.6) is 0 Å². The number of carbonyl (C=O) groups is 1. The molecule has 0 atom stereocenters. The smallest absolute Gasteiger partial charge is 0.250 e. The van der Waals surface area contributed by atoms with E-state index in [0.717, 1.165) is 20.0 Å². The van der Waals surface area contributed by atoms with Gasteiger partial charge in [0.25, 0.3) is 5.91 Å². The van der Waals surface area contributed by atoms with Gasteiger partial charge < -0.3 is 0 Å². The summed E-state index contributed by atoms with van der Waals surface area (Å²) >= 11 is 10.6. The van der Waals surface area contributed by atoms with Crippen molar-refractivity contribution in [1.82, 2.24) is 15.6 Å². The van der Waals surface area contributed by atoms with Gasteiger partial charge in [0.15, 0.2) is 8.68 Å². The highest BCUT2D eigenvalue weighted by molar-refractivity contribution is 8.03. The van der Waals surface area contributed by atoms with Crippen molar-refractivity contribution < 1.29 is 4.79 Å². The molecule has 9 heteroatoms. The van der Waals surface area contributed by atoms with Crippen LogP contribution in [0.3, 0.4) is 0 Å². The molecular formula is C24H19ClN4OS3. The monoisotopic (exact) mass is 510 g/mol. The largest absolute Gasteiger partial charge is 0.272 e. The molecule has 0 aliphatic heterocycles. The molecule has 5 nitrogen and oxygen atoms in total. The third kappa shape index (κ3) is 7.17. The highest BCUT2D eigenvalue weighted by atomic mass is 35.5. The van der Waals surface area contributed by atoms with E-state index in [0.29, 0.717) is 5.03 Å². The Balaban J connectivity index is 1.23. The average molecular weight is 511 g/mol. The normalized spacial score (nSPS) is 11.8. The van der Waals surface area contributed by atoms with Crippen LogP contribution in [0.1, 0.15) is 11.1 Å². The predicted molar refractivity (Wildman–Crippen MR) is 141 cm³/mol. The van der Waals surface area contributed by atoms with Gasteiger partial charge in [0, 0.05) is 5.75 Å². The van der Waals surface area contributed by atoms with Gasteiger partial charge in [-0.05, 0) is 28.0 Å². The van der Waals surface area contributed by atoms with Crippen LogP contribution in [-0.4, -0.2) is 28.1 Å². The number of allylic oxidation sites excluding steroid dienone is 1. The fourth-order valence-electron chi connectivity index (χ4n) is 2.94. The second kappa shape index (κ2) is 12.0. The zero-order chi connectivity index (χ0) is 22.9. The molecule has 0 saturated heterocycles. The molecule has 1 aromatic heterocycles. The zero-order valence-corrected chi connectivity index (χ0v) is 20.6. The maximum absolute atomic E-state index is 12.0. The van der Waals surface area contributed by atoms with Crippen LogP contribution in [0.2, 0.25) is 0 Å². The Morgan fingerprint density at radius 1 is 0.970 bits per heavy atom. The highest BCUT2D eigenvalue weighted by Gasteiger charge is 2.09. The molecule has 1 heterocycles. The predicted octanol–water partition coefficient (Wildman–Crippen LogP) is 6.46. The van der Waals surface area contributed by atoms with E-state index in [2.05, 4.69) is 57.1 Å². The molecule has 4 rings (SSSR count). The molecule has 3 aromatic carbocycles. The van der Waals surface area contributed by atoms with E-state index in [9.17, 15) is 4.79 Å². The van der Waals surface area contributed by atoms with Crippen LogP contribution in [0.4, 0.5) is 0 Å². The molecule has 33 heavy (non-hydrogen) atoms. The summed E-state index contributed by atoms with van der Waals surface area (Å²) in [4.78, 5) is 12.0. The number of fused-ring (bicyclic) bond motifs is 1. The van der Waals surface area contributed by atoms with Gasteiger partial charge in [0.05, 0.1) is 17.0 Å². The molecule has 1 amide bonds. The Labute approximate surface area is 209 Å². The summed E-state index contributed by atoms with van der Waals surface area (Å²) in [6, 6.07) is 24.3. The quantitative estimate of drug-likeness (QED) is 0.159. The Hall–Kier alpha value is -2.65. The van der Waals surface area contributed by atoms with E-state index in [4.69, 9.17) is 11.6 Å². The molecule has 166 valence electrons. The second-order valence-corrected chi connectivity index (χ2v) is 10.6. The highest BCUT2D eigenvalue weighted by Crippen LogP contribution is 2.32. The lowest BCUT2D eigenvalue weighted by atomic mass is 10.1. The number of nitrogens with one attached hydrogen (secondary N) is 1. The van der Waals surface area contributed by atoms with E-state index < -0.39 is 0 Å². The average Bonchev–Trinajstić information content (AvgIpc) is 3.30. The minimum atomic E-state index is -0.236. The van der Waals surface area contributed by atoms with Crippen molar-refractivity contribution in [3.05, 3.63) is 89.0 Å². The first-order valence-corrected chi connectivity index (χ1v) is 13.1. The number of hydrazone groups is 1. The first-order valence-electron chi connectivity index (χ1n) is 9.97. The number of hydrogen-bond acceptors (Lipinski definition) is 7. The van der Waals surface area contributed by atoms with Gasteiger partial charge in [-0.15, -0.1) is 10.2 Å². The Morgan fingerprint density at radius 3 is 2.55 bits per heavy atom. The number of thioether (sulfide) groups is 2. The van der Waals surface area contributed by atoms with Crippen LogP contribution in [0.15, 0.2) is 91.6 Å². The summed E-state index contributed by atoms with van der Waals surface area (Å²) in [6.45, 7) is 0. The van der Waals surface area contributed by atoms with Crippen molar-refractivity contribution in [3.8, 4) is 0 Å². The molecule has 4 aromatic rings. The van der Waals surface area contributed by atoms with E-state index in [1.54, 1.807) is 17.8 Å². The van der Waals surface area contributed by atoms with Crippen molar-refractivity contribution in [3.63, 3.8) is 0 Å². The van der Waals surface area contributed by atoms with E-state index >= 15 is 0 Å². The first-order chi connectivity index (χ1) is 16.2. The molecule has 0 aliphatic carbocycles. The summed E-state index contributed by atoms with van der Waals surface area (Å²) in [6.07, 6.45) is 3.18. The summed E-state index contributed by atoms with van der Waals surface area (Å²) in [5.41, 5.74) is 4.70. The Morgan fingerprint density at radius 2 is 1.70 bits per heavy atom. The molecule has 0 radical (unpaired) electrons. The number of carbonyl (C=O) groups excluding carboxylic acids is 1. The summed E-state index contributed by atoms with van der Waals surface area (Å²) in [7, 11) is 0. The fraction of sp³-hybridized carbons (Fsp3) is 0.0833. The van der Waals surface area contributed by atoms with Crippen LogP contribution in [0.25, 0.3) is 16.8 Å². The van der Waals surface area contributed by atoms with Gasteiger partial charge in [-0.1, -0.05) is 119 Å². The molecule has 1 N–H and O–H groups in total. The van der Waals surface area contributed by atoms with Gasteiger partial charge in [-0.2, -0.15) is 5.10 Å². The standard InChI is InChI=1S/C24H19ClN4OS3/c25-20(13-17-7-2-1-3-8-17)14-26-27-22(30)16-32-24-29-28-23(33-24)31-15-19-11-6-10-18-9-4-5-12-21(18)19/h1-14H,15-16H2,(H,27,30)/b20-13-,26-14-. The van der Waals surface area contributed by atoms with Gasteiger partial charge in [0.2, 0.25) is 0 Å².